The molecule has 1 heterocycles. The van der Waals surface area contributed by atoms with E-state index in [0.29, 0.717) is 12.3 Å². The van der Waals surface area contributed by atoms with E-state index >= 15 is 0 Å². The Morgan fingerprint density at radius 3 is 2.58 bits per heavy atom. The minimum atomic E-state index is 0.0787. The van der Waals surface area contributed by atoms with Gasteiger partial charge in [-0.15, -0.1) is 0 Å². The van der Waals surface area contributed by atoms with Crippen LogP contribution in [0.15, 0.2) is 70.4 Å². The zero-order valence-corrected chi connectivity index (χ0v) is 17.1. The topological polar surface area (TPSA) is 38.1 Å². The molecule has 0 saturated carbocycles. The lowest BCUT2D eigenvalue weighted by molar-refractivity contribution is -0.127. The molecular weight excluding hydrogens is 410 g/mol. The van der Waals surface area contributed by atoms with Gasteiger partial charge in [0.15, 0.2) is 5.16 Å². The highest BCUT2D eigenvalue weighted by molar-refractivity contribution is 9.10. The van der Waals surface area contributed by atoms with Crippen LogP contribution >= 0.6 is 27.7 Å². The molecule has 0 aliphatic rings. The Hall–Kier alpha value is -2.05. The van der Waals surface area contributed by atoms with Crippen LogP contribution < -0.4 is 0 Å². The van der Waals surface area contributed by atoms with Crippen molar-refractivity contribution in [2.75, 3.05) is 12.8 Å². The number of imidazole rings is 1. The third kappa shape index (κ3) is 4.37. The van der Waals surface area contributed by atoms with Gasteiger partial charge >= 0.3 is 0 Å². The SMILES string of the molecule is CN(Cc1ccccc1Br)C(=O)CSc1ncc(-c2ccccc2)n1C. The van der Waals surface area contributed by atoms with Gasteiger partial charge in [-0.05, 0) is 17.2 Å². The van der Waals surface area contributed by atoms with Crippen LogP contribution in [0.2, 0.25) is 0 Å². The Kier molecular flexibility index (Phi) is 6.16. The van der Waals surface area contributed by atoms with E-state index in [0.717, 1.165) is 26.4 Å². The van der Waals surface area contributed by atoms with Gasteiger partial charge in [-0.25, -0.2) is 4.98 Å². The van der Waals surface area contributed by atoms with Crippen molar-refractivity contribution in [3.05, 3.63) is 70.8 Å². The summed E-state index contributed by atoms with van der Waals surface area (Å²) in [6, 6.07) is 18.1. The van der Waals surface area contributed by atoms with Gasteiger partial charge in [-0.1, -0.05) is 76.2 Å². The maximum Gasteiger partial charge on any atom is 0.233 e. The zero-order valence-electron chi connectivity index (χ0n) is 14.7. The van der Waals surface area contributed by atoms with Crippen molar-refractivity contribution in [2.45, 2.75) is 11.7 Å². The molecule has 134 valence electrons. The summed E-state index contributed by atoms with van der Waals surface area (Å²) in [5.74, 6) is 0.440. The maximum absolute atomic E-state index is 12.5. The highest BCUT2D eigenvalue weighted by Gasteiger charge is 2.14. The summed E-state index contributed by atoms with van der Waals surface area (Å²) in [6.07, 6.45) is 1.85. The first kappa shape index (κ1) is 18.7. The molecule has 0 saturated heterocycles. The van der Waals surface area contributed by atoms with Crippen molar-refractivity contribution in [2.24, 2.45) is 7.05 Å². The molecule has 3 aromatic rings. The quantitative estimate of drug-likeness (QED) is 0.537. The van der Waals surface area contributed by atoms with E-state index in [-0.39, 0.29) is 5.91 Å². The first-order chi connectivity index (χ1) is 12.6. The summed E-state index contributed by atoms with van der Waals surface area (Å²) in [5.41, 5.74) is 3.26. The van der Waals surface area contributed by atoms with Crippen molar-refractivity contribution >= 4 is 33.6 Å². The standard InChI is InChI=1S/C20H20BrN3OS/c1-23(13-16-10-6-7-11-17(16)21)19(25)14-26-20-22-12-18(24(20)2)15-8-4-3-5-9-15/h3-12H,13-14H2,1-2H3. The second-order valence-corrected chi connectivity index (χ2v) is 7.78. The lowest BCUT2D eigenvalue weighted by atomic mass is 10.2. The lowest BCUT2D eigenvalue weighted by Crippen LogP contribution is -2.28. The highest BCUT2D eigenvalue weighted by Crippen LogP contribution is 2.25. The third-order valence-electron chi connectivity index (χ3n) is 4.13. The van der Waals surface area contributed by atoms with Gasteiger partial charge in [-0.3, -0.25) is 4.79 Å². The molecule has 3 rings (SSSR count). The molecule has 1 aromatic heterocycles. The second-order valence-electron chi connectivity index (χ2n) is 5.98. The third-order valence-corrected chi connectivity index (χ3v) is 5.93. The van der Waals surface area contributed by atoms with Crippen LogP contribution in [0.5, 0.6) is 0 Å². The fourth-order valence-electron chi connectivity index (χ4n) is 2.61. The molecule has 0 fully saturated rings. The Bertz CT molecular complexity index is 895. The number of rotatable bonds is 6. The summed E-state index contributed by atoms with van der Waals surface area (Å²) >= 11 is 4.99. The zero-order chi connectivity index (χ0) is 18.5. The second kappa shape index (κ2) is 8.56. The van der Waals surface area contributed by atoms with Crippen molar-refractivity contribution < 1.29 is 4.79 Å². The van der Waals surface area contributed by atoms with E-state index < -0.39 is 0 Å². The molecule has 2 aromatic carbocycles. The summed E-state index contributed by atoms with van der Waals surface area (Å²) in [4.78, 5) is 18.7. The van der Waals surface area contributed by atoms with Gasteiger partial charge in [0.1, 0.15) is 0 Å². The average Bonchev–Trinajstić information content (AvgIpc) is 3.03. The summed E-state index contributed by atoms with van der Waals surface area (Å²) in [7, 11) is 3.81. The first-order valence-corrected chi connectivity index (χ1v) is 10.0. The smallest absolute Gasteiger partial charge is 0.233 e. The minimum absolute atomic E-state index is 0.0787. The number of hydrogen-bond acceptors (Lipinski definition) is 3. The average molecular weight is 430 g/mol. The molecule has 1 amide bonds. The Balaban J connectivity index is 1.61. The van der Waals surface area contributed by atoms with Gasteiger partial charge < -0.3 is 9.47 Å². The Labute approximate surface area is 166 Å². The number of halogens is 1. The van der Waals surface area contributed by atoms with Crippen molar-refractivity contribution in [1.82, 2.24) is 14.5 Å². The molecular formula is C20H20BrN3OS. The van der Waals surface area contributed by atoms with Crippen molar-refractivity contribution in [3.63, 3.8) is 0 Å². The van der Waals surface area contributed by atoms with E-state index in [1.165, 1.54) is 11.8 Å². The molecule has 4 nitrogen and oxygen atoms in total. The van der Waals surface area contributed by atoms with Crippen LogP contribution in [0, 0.1) is 0 Å². The Morgan fingerprint density at radius 1 is 1.15 bits per heavy atom. The van der Waals surface area contributed by atoms with E-state index in [1.807, 2.05) is 67.3 Å². The fourth-order valence-corrected chi connectivity index (χ4v) is 3.91. The molecule has 6 heteroatoms. The van der Waals surface area contributed by atoms with Crippen LogP contribution in [0.4, 0.5) is 0 Å². The number of benzene rings is 2. The normalized spacial score (nSPS) is 10.7. The summed E-state index contributed by atoms with van der Waals surface area (Å²) in [5, 5.41) is 0.839. The summed E-state index contributed by atoms with van der Waals surface area (Å²) < 4.78 is 3.05. The number of thioether (sulfide) groups is 1. The largest absolute Gasteiger partial charge is 0.341 e. The van der Waals surface area contributed by atoms with E-state index in [9.17, 15) is 4.79 Å². The monoisotopic (exact) mass is 429 g/mol. The molecule has 0 unspecified atom stereocenters. The maximum atomic E-state index is 12.5. The molecule has 0 aliphatic heterocycles. The van der Waals surface area contributed by atoms with Crippen LogP contribution in [0.25, 0.3) is 11.3 Å². The van der Waals surface area contributed by atoms with Crippen LogP contribution in [0.3, 0.4) is 0 Å². The number of hydrogen-bond donors (Lipinski definition) is 0. The summed E-state index contributed by atoms with van der Waals surface area (Å²) in [6.45, 7) is 0.580. The van der Waals surface area contributed by atoms with E-state index in [4.69, 9.17) is 0 Å². The van der Waals surface area contributed by atoms with E-state index in [2.05, 4.69) is 33.0 Å². The molecule has 0 spiro atoms. The molecule has 0 atom stereocenters. The van der Waals surface area contributed by atoms with Crippen LogP contribution in [-0.2, 0) is 18.4 Å². The van der Waals surface area contributed by atoms with E-state index in [1.54, 1.807) is 4.90 Å². The van der Waals surface area contributed by atoms with Gasteiger partial charge in [0.2, 0.25) is 5.91 Å². The predicted octanol–water partition coefficient (Wildman–Crippen LogP) is 4.60. The molecule has 0 bridgehead atoms. The molecule has 26 heavy (non-hydrogen) atoms. The molecule has 0 N–H and O–H groups in total. The molecule has 0 radical (unpaired) electrons. The first-order valence-electron chi connectivity index (χ1n) is 8.23. The number of nitrogens with zero attached hydrogens (tertiary/aromatic N) is 3. The van der Waals surface area contributed by atoms with Gasteiger partial charge in [0.05, 0.1) is 17.6 Å². The van der Waals surface area contributed by atoms with Crippen LogP contribution in [0.1, 0.15) is 5.56 Å². The van der Waals surface area contributed by atoms with Gasteiger partial charge in [-0.2, -0.15) is 0 Å². The number of carbonyl (C=O) groups excluding carboxylic acids is 1. The fraction of sp³-hybridized carbons (Fsp3) is 0.200. The number of amides is 1. The highest BCUT2D eigenvalue weighted by atomic mass is 79.9. The van der Waals surface area contributed by atoms with Gasteiger partial charge in [0.25, 0.3) is 0 Å². The lowest BCUT2D eigenvalue weighted by Gasteiger charge is -2.18. The Morgan fingerprint density at radius 2 is 1.85 bits per heavy atom. The van der Waals surface area contributed by atoms with Gasteiger partial charge in [0, 0.05) is 25.1 Å². The molecule has 0 aliphatic carbocycles. The van der Waals surface area contributed by atoms with Crippen molar-refractivity contribution in [3.8, 4) is 11.3 Å². The predicted molar refractivity (Wildman–Crippen MR) is 110 cm³/mol. The number of aromatic nitrogens is 2. The number of carbonyl (C=O) groups is 1. The minimum Gasteiger partial charge on any atom is -0.341 e. The van der Waals surface area contributed by atoms with Crippen LogP contribution in [-0.4, -0.2) is 33.2 Å². The van der Waals surface area contributed by atoms with Crippen molar-refractivity contribution in [1.29, 1.82) is 0 Å².